The van der Waals surface area contributed by atoms with Gasteiger partial charge in [0.25, 0.3) is 0 Å². The molecule has 0 aliphatic carbocycles. The predicted octanol–water partition coefficient (Wildman–Crippen LogP) is 4.47. The van der Waals surface area contributed by atoms with Gasteiger partial charge in [-0.05, 0) is 25.1 Å². The van der Waals surface area contributed by atoms with Crippen molar-refractivity contribution in [3.8, 4) is 10.6 Å². The molecule has 0 atom stereocenters. The third kappa shape index (κ3) is 3.79. The fourth-order valence-corrected chi connectivity index (χ4v) is 2.66. The van der Waals surface area contributed by atoms with Crippen molar-refractivity contribution in [3.05, 3.63) is 40.7 Å². The third-order valence-electron chi connectivity index (χ3n) is 2.82. The molecule has 0 amide bonds. The molecular weight excluding hydrogens is 304 g/mol. The molecule has 1 N–H and O–H groups in total. The minimum atomic E-state index is -4.71. The summed E-state index contributed by atoms with van der Waals surface area (Å²) in [7, 11) is 0. The molecule has 2 rings (SSSR count). The molecule has 2 nitrogen and oxygen atoms in total. The Balaban J connectivity index is 2.26. The lowest BCUT2D eigenvalue weighted by Crippen LogP contribution is -2.13. The number of nitrogens with zero attached hydrogens (tertiary/aromatic N) is 1. The number of alkyl halides is 3. The molecule has 2 aromatic rings. The summed E-state index contributed by atoms with van der Waals surface area (Å²) in [6.45, 7) is 3.37. The van der Waals surface area contributed by atoms with Crippen LogP contribution >= 0.6 is 11.3 Å². The summed E-state index contributed by atoms with van der Waals surface area (Å²) < 4.78 is 52.1. The zero-order chi connectivity index (χ0) is 15.5. The van der Waals surface area contributed by atoms with E-state index in [1.54, 1.807) is 5.38 Å². The van der Waals surface area contributed by atoms with Crippen LogP contribution in [0.25, 0.3) is 10.6 Å². The molecule has 0 radical (unpaired) electrons. The van der Waals surface area contributed by atoms with Crippen LogP contribution in [-0.2, 0) is 12.7 Å². The van der Waals surface area contributed by atoms with Crippen LogP contribution < -0.4 is 5.32 Å². The van der Waals surface area contributed by atoms with Gasteiger partial charge in [-0.1, -0.05) is 13.0 Å². The molecule has 0 aliphatic rings. The van der Waals surface area contributed by atoms with Crippen molar-refractivity contribution in [2.75, 3.05) is 6.54 Å². The van der Waals surface area contributed by atoms with Crippen LogP contribution in [0.2, 0.25) is 0 Å². The van der Waals surface area contributed by atoms with Gasteiger partial charge in [-0.25, -0.2) is 9.37 Å². The van der Waals surface area contributed by atoms with E-state index in [0.29, 0.717) is 12.2 Å². The fourth-order valence-electron chi connectivity index (χ4n) is 1.82. The lowest BCUT2D eigenvalue weighted by molar-refractivity contribution is -0.139. The van der Waals surface area contributed by atoms with Crippen molar-refractivity contribution < 1.29 is 17.6 Å². The van der Waals surface area contributed by atoms with Gasteiger partial charge in [-0.15, -0.1) is 11.3 Å². The van der Waals surface area contributed by atoms with Gasteiger partial charge in [-0.3, -0.25) is 0 Å². The highest BCUT2D eigenvalue weighted by Crippen LogP contribution is 2.36. The van der Waals surface area contributed by atoms with E-state index in [1.807, 2.05) is 6.92 Å². The molecule has 1 aromatic carbocycles. The molecule has 7 heteroatoms. The second-order valence-corrected chi connectivity index (χ2v) is 5.34. The van der Waals surface area contributed by atoms with Gasteiger partial charge >= 0.3 is 6.18 Å². The SMILES string of the molecule is CCCNCc1csc(-c2cccc(C(F)(F)F)c2F)n1. The second-order valence-electron chi connectivity index (χ2n) is 4.49. The van der Waals surface area contributed by atoms with Gasteiger partial charge < -0.3 is 5.32 Å². The van der Waals surface area contributed by atoms with Crippen LogP contribution in [0, 0.1) is 5.82 Å². The Bertz CT molecular complexity index is 607. The van der Waals surface area contributed by atoms with Gasteiger partial charge in [0, 0.05) is 17.5 Å². The van der Waals surface area contributed by atoms with Gasteiger partial charge in [0.05, 0.1) is 11.3 Å². The maximum Gasteiger partial charge on any atom is 0.419 e. The van der Waals surface area contributed by atoms with E-state index in [9.17, 15) is 17.6 Å². The van der Waals surface area contributed by atoms with Crippen molar-refractivity contribution in [3.63, 3.8) is 0 Å². The first-order chi connectivity index (χ1) is 9.93. The van der Waals surface area contributed by atoms with Crippen LogP contribution in [0.15, 0.2) is 23.6 Å². The predicted molar refractivity (Wildman–Crippen MR) is 74.5 cm³/mol. The number of nitrogens with one attached hydrogen (secondary N) is 1. The fraction of sp³-hybridized carbons (Fsp3) is 0.357. The monoisotopic (exact) mass is 318 g/mol. The minimum Gasteiger partial charge on any atom is -0.311 e. The topological polar surface area (TPSA) is 24.9 Å². The molecule has 0 unspecified atom stereocenters. The summed E-state index contributed by atoms with van der Waals surface area (Å²) in [6, 6.07) is 3.24. The Hall–Kier alpha value is -1.47. The number of hydrogen-bond acceptors (Lipinski definition) is 3. The Labute approximate surface area is 123 Å². The zero-order valence-corrected chi connectivity index (χ0v) is 12.1. The van der Waals surface area contributed by atoms with E-state index < -0.39 is 17.6 Å². The maximum absolute atomic E-state index is 14.0. The Morgan fingerprint density at radius 1 is 1.29 bits per heavy atom. The number of rotatable bonds is 5. The Kier molecular flexibility index (Phi) is 4.95. The van der Waals surface area contributed by atoms with Crippen molar-refractivity contribution in [2.24, 2.45) is 0 Å². The van der Waals surface area contributed by atoms with Gasteiger partial charge in [0.15, 0.2) is 0 Å². The lowest BCUT2D eigenvalue weighted by atomic mass is 10.1. The molecule has 0 spiro atoms. The summed E-state index contributed by atoms with van der Waals surface area (Å²) in [4.78, 5) is 4.18. The normalized spacial score (nSPS) is 11.9. The molecule has 21 heavy (non-hydrogen) atoms. The smallest absolute Gasteiger partial charge is 0.311 e. The molecular formula is C14H14F4N2S. The molecule has 114 valence electrons. The third-order valence-corrected chi connectivity index (χ3v) is 3.74. The molecule has 1 heterocycles. The van der Waals surface area contributed by atoms with Crippen LogP contribution in [0.4, 0.5) is 17.6 Å². The number of hydrogen-bond donors (Lipinski definition) is 1. The average molecular weight is 318 g/mol. The quantitative estimate of drug-likeness (QED) is 0.650. The number of aromatic nitrogens is 1. The number of thiazole rings is 1. The maximum atomic E-state index is 14.0. The largest absolute Gasteiger partial charge is 0.419 e. The first-order valence-corrected chi connectivity index (χ1v) is 7.32. The highest BCUT2D eigenvalue weighted by atomic mass is 32.1. The summed E-state index contributed by atoms with van der Waals surface area (Å²) in [5.74, 6) is -1.27. The van der Waals surface area contributed by atoms with Gasteiger partial charge in [-0.2, -0.15) is 13.2 Å². The standard InChI is InChI=1S/C14H14F4N2S/c1-2-6-19-7-9-8-21-13(20-9)10-4-3-5-11(12(10)15)14(16,17)18/h3-5,8,19H,2,6-7H2,1H3. The van der Waals surface area contributed by atoms with E-state index in [-0.39, 0.29) is 10.6 Å². The van der Waals surface area contributed by atoms with E-state index in [4.69, 9.17) is 0 Å². The molecule has 0 aliphatic heterocycles. The summed E-state index contributed by atoms with van der Waals surface area (Å²) in [5, 5.41) is 5.11. The Morgan fingerprint density at radius 3 is 2.71 bits per heavy atom. The van der Waals surface area contributed by atoms with E-state index in [2.05, 4.69) is 10.3 Å². The van der Waals surface area contributed by atoms with Crippen LogP contribution in [0.5, 0.6) is 0 Å². The minimum absolute atomic E-state index is 0.114. The van der Waals surface area contributed by atoms with Crippen LogP contribution in [-0.4, -0.2) is 11.5 Å². The van der Waals surface area contributed by atoms with Crippen molar-refractivity contribution in [1.82, 2.24) is 10.3 Å². The van der Waals surface area contributed by atoms with Gasteiger partial charge in [0.1, 0.15) is 10.8 Å². The summed E-state index contributed by atoms with van der Waals surface area (Å²) in [5.41, 5.74) is -0.683. The molecule has 0 saturated carbocycles. The summed E-state index contributed by atoms with van der Waals surface area (Å²) >= 11 is 1.14. The molecule has 0 fully saturated rings. The van der Waals surface area contributed by atoms with Crippen LogP contribution in [0.1, 0.15) is 24.6 Å². The summed E-state index contributed by atoms with van der Waals surface area (Å²) in [6.07, 6.45) is -3.73. The van der Waals surface area contributed by atoms with Gasteiger partial charge in [0.2, 0.25) is 0 Å². The van der Waals surface area contributed by atoms with E-state index in [0.717, 1.165) is 30.4 Å². The van der Waals surface area contributed by atoms with Crippen LogP contribution in [0.3, 0.4) is 0 Å². The lowest BCUT2D eigenvalue weighted by Gasteiger charge is -2.09. The zero-order valence-electron chi connectivity index (χ0n) is 11.3. The first kappa shape index (κ1) is 15.9. The molecule has 0 bridgehead atoms. The number of halogens is 4. The van der Waals surface area contributed by atoms with Crippen molar-refractivity contribution in [2.45, 2.75) is 26.1 Å². The van der Waals surface area contributed by atoms with E-state index >= 15 is 0 Å². The molecule has 0 saturated heterocycles. The molecule has 1 aromatic heterocycles. The highest BCUT2D eigenvalue weighted by molar-refractivity contribution is 7.13. The average Bonchev–Trinajstić information content (AvgIpc) is 2.86. The highest BCUT2D eigenvalue weighted by Gasteiger charge is 2.35. The number of benzene rings is 1. The van der Waals surface area contributed by atoms with Crippen molar-refractivity contribution >= 4 is 11.3 Å². The Morgan fingerprint density at radius 2 is 2.05 bits per heavy atom. The first-order valence-electron chi connectivity index (χ1n) is 6.44. The van der Waals surface area contributed by atoms with Crippen molar-refractivity contribution in [1.29, 1.82) is 0 Å². The van der Waals surface area contributed by atoms with E-state index in [1.165, 1.54) is 12.1 Å². The second kappa shape index (κ2) is 6.53.